The first-order valence-corrected chi connectivity index (χ1v) is 17.9. The van der Waals surface area contributed by atoms with Gasteiger partial charge in [0.15, 0.2) is 5.69 Å². The maximum Gasteiger partial charge on any atom is 0.412 e. The molecule has 0 radical (unpaired) electrons. The number of amides is 5. The normalized spacial score (nSPS) is 25.6. The average Bonchev–Trinajstić information content (AvgIpc) is 3.59. The summed E-state index contributed by atoms with van der Waals surface area (Å²) in [7, 11) is 2.15. The first-order chi connectivity index (χ1) is 24.2. The molecular weight excluding hydrogens is 664 g/mol. The zero-order valence-corrected chi connectivity index (χ0v) is 29.5. The van der Waals surface area contributed by atoms with Crippen LogP contribution in [0.3, 0.4) is 0 Å². The Hall–Kier alpha value is -4.40. The first-order valence-electron chi connectivity index (χ1n) is 17.9. The number of carbonyl (C=O) groups is 5. The van der Waals surface area contributed by atoms with E-state index in [1.54, 1.807) is 43.7 Å². The van der Waals surface area contributed by atoms with Gasteiger partial charge in [0, 0.05) is 36.9 Å². The smallest absolute Gasteiger partial charge is 0.412 e. The van der Waals surface area contributed by atoms with Gasteiger partial charge in [-0.05, 0) is 104 Å². The number of piperidine rings is 1. The molecule has 13 nitrogen and oxygen atoms in total. The molecule has 6 rings (SSSR count). The number of fused-ring (bicyclic) bond motifs is 1. The van der Waals surface area contributed by atoms with Gasteiger partial charge in [-0.15, -0.1) is 0 Å². The minimum absolute atomic E-state index is 0.0301. The van der Waals surface area contributed by atoms with Gasteiger partial charge in [-0.2, -0.15) is 5.10 Å². The maximum absolute atomic E-state index is 13.8. The highest BCUT2D eigenvalue weighted by atomic mass is 19.3. The summed E-state index contributed by atoms with van der Waals surface area (Å²) in [6.07, 6.45) is 5.21. The van der Waals surface area contributed by atoms with Crippen LogP contribution in [0, 0.1) is 5.92 Å². The van der Waals surface area contributed by atoms with Crippen molar-refractivity contribution in [3.8, 4) is 0 Å². The Morgan fingerprint density at radius 3 is 2.35 bits per heavy atom. The highest BCUT2D eigenvalue weighted by molar-refractivity contribution is 6.25. The lowest BCUT2D eigenvalue weighted by Gasteiger charge is -2.38. The minimum Gasteiger partial charge on any atom is -0.444 e. The molecule has 1 unspecified atom stereocenters. The molecule has 276 valence electrons. The third kappa shape index (κ3) is 8.08. The molecule has 1 aromatic heterocycles. The van der Waals surface area contributed by atoms with E-state index in [-0.39, 0.29) is 41.7 Å². The number of hydrogen-bond acceptors (Lipinski definition) is 9. The van der Waals surface area contributed by atoms with Crippen molar-refractivity contribution in [2.24, 2.45) is 5.92 Å². The van der Waals surface area contributed by atoms with E-state index in [2.05, 4.69) is 33.0 Å². The monoisotopic (exact) mass is 711 g/mol. The van der Waals surface area contributed by atoms with Crippen LogP contribution >= 0.6 is 0 Å². The number of anilines is 2. The van der Waals surface area contributed by atoms with Crippen LogP contribution in [0.4, 0.5) is 25.0 Å². The van der Waals surface area contributed by atoms with Crippen molar-refractivity contribution in [1.82, 2.24) is 24.9 Å². The molecule has 3 heterocycles. The lowest BCUT2D eigenvalue weighted by atomic mass is 9.84. The van der Waals surface area contributed by atoms with E-state index >= 15 is 0 Å². The predicted octanol–water partition coefficient (Wildman–Crippen LogP) is 5.66. The lowest BCUT2D eigenvalue weighted by Crippen LogP contribution is -2.54. The molecule has 51 heavy (non-hydrogen) atoms. The molecule has 1 saturated heterocycles. The molecule has 15 heteroatoms. The third-order valence-electron chi connectivity index (χ3n) is 10.5. The molecule has 2 aromatic rings. The number of ether oxygens (including phenoxy) is 1. The van der Waals surface area contributed by atoms with Crippen LogP contribution in [0.25, 0.3) is 0 Å². The Bertz CT molecular complexity index is 1670. The standard InChI is InChI=1S/C36H47F2N7O6/c1-36(2,3)51-35(50)40-26-19-44(42-30(26)31(37)38)23-12-8-20(9-13-23)18-43(4)22-14-10-21(11-15-22)39-25-7-5-6-24-29(25)34(49)45(33(24)48)27-16-17-28(46)41-32(27)47/h5-7,19-23,27,31,39H,8-18H2,1-4H3,(H,40,50)(H,41,46,47). The van der Waals surface area contributed by atoms with E-state index in [0.29, 0.717) is 17.6 Å². The fourth-order valence-corrected chi connectivity index (χ4v) is 7.93. The van der Waals surface area contributed by atoms with Gasteiger partial charge in [0.05, 0.1) is 22.9 Å². The summed E-state index contributed by atoms with van der Waals surface area (Å²) < 4.78 is 34.3. The SMILES string of the molecule is CN(CC1CCC(n2cc(NC(=O)OC(C)(C)C)c(C(F)F)n2)CC1)C1CCC(Nc2cccc3c2C(=O)N(C2CCC(=O)NC2=O)C3=O)CC1. The molecule has 2 aliphatic heterocycles. The molecule has 3 fully saturated rings. The van der Waals surface area contributed by atoms with Gasteiger partial charge in [-0.3, -0.25) is 39.4 Å². The lowest BCUT2D eigenvalue weighted by molar-refractivity contribution is -0.136. The predicted molar refractivity (Wildman–Crippen MR) is 183 cm³/mol. The second kappa shape index (κ2) is 14.7. The number of nitrogens with zero attached hydrogens (tertiary/aromatic N) is 4. The van der Waals surface area contributed by atoms with Crippen LogP contribution < -0.4 is 16.0 Å². The Morgan fingerprint density at radius 2 is 1.71 bits per heavy atom. The minimum atomic E-state index is -2.83. The fourth-order valence-electron chi connectivity index (χ4n) is 7.93. The van der Waals surface area contributed by atoms with E-state index in [4.69, 9.17) is 4.74 Å². The van der Waals surface area contributed by atoms with E-state index in [0.717, 1.165) is 62.8 Å². The molecule has 1 aromatic carbocycles. The number of benzene rings is 1. The van der Waals surface area contributed by atoms with Crippen LogP contribution in [0.15, 0.2) is 24.4 Å². The summed E-state index contributed by atoms with van der Waals surface area (Å²) in [6, 6.07) is 4.61. The van der Waals surface area contributed by atoms with Gasteiger partial charge in [0.2, 0.25) is 11.8 Å². The molecule has 0 bridgehead atoms. The summed E-state index contributed by atoms with van der Waals surface area (Å²) in [6.45, 7) is 6.04. The Kier molecular flexibility index (Phi) is 10.5. The number of aromatic nitrogens is 2. The van der Waals surface area contributed by atoms with Gasteiger partial charge in [0.1, 0.15) is 11.6 Å². The summed E-state index contributed by atoms with van der Waals surface area (Å²) in [5.41, 5.74) is -0.128. The van der Waals surface area contributed by atoms with Gasteiger partial charge in [-0.25, -0.2) is 13.6 Å². The molecule has 4 aliphatic rings. The molecule has 0 spiro atoms. The van der Waals surface area contributed by atoms with E-state index in [1.807, 2.05) is 0 Å². The van der Waals surface area contributed by atoms with Crippen molar-refractivity contribution >= 4 is 41.1 Å². The van der Waals surface area contributed by atoms with Crippen LogP contribution in [0.1, 0.15) is 124 Å². The summed E-state index contributed by atoms with van der Waals surface area (Å²) in [5.74, 6) is -1.61. The van der Waals surface area contributed by atoms with Crippen LogP contribution in [-0.4, -0.2) is 86.6 Å². The van der Waals surface area contributed by atoms with Crippen LogP contribution in [0.5, 0.6) is 0 Å². The van der Waals surface area contributed by atoms with Crippen molar-refractivity contribution < 1.29 is 37.5 Å². The van der Waals surface area contributed by atoms with Gasteiger partial charge in [0.25, 0.3) is 18.2 Å². The zero-order valence-electron chi connectivity index (χ0n) is 29.5. The van der Waals surface area contributed by atoms with Gasteiger partial charge in [-0.1, -0.05) is 6.07 Å². The second-order valence-electron chi connectivity index (χ2n) is 15.3. The maximum atomic E-state index is 13.8. The van der Waals surface area contributed by atoms with Crippen molar-refractivity contribution in [1.29, 1.82) is 0 Å². The van der Waals surface area contributed by atoms with Gasteiger partial charge >= 0.3 is 6.09 Å². The summed E-state index contributed by atoms with van der Waals surface area (Å²) in [5, 5.41) is 12.3. The Labute approximate surface area is 295 Å². The molecule has 2 saturated carbocycles. The number of nitrogens with one attached hydrogen (secondary N) is 3. The van der Waals surface area contributed by atoms with Crippen molar-refractivity contribution in [3.05, 3.63) is 41.2 Å². The Morgan fingerprint density at radius 1 is 1.00 bits per heavy atom. The van der Waals surface area contributed by atoms with E-state index in [1.165, 1.54) is 6.20 Å². The number of halogens is 2. The molecule has 3 N–H and O–H groups in total. The number of hydrogen-bond donors (Lipinski definition) is 3. The quantitative estimate of drug-likeness (QED) is 0.280. The number of alkyl halides is 2. The molecule has 1 atom stereocenters. The van der Waals surface area contributed by atoms with Crippen molar-refractivity contribution in [3.63, 3.8) is 0 Å². The van der Waals surface area contributed by atoms with E-state index in [9.17, 15) is 32.8 Å². The van der Waals surface area contributed by atoms with E-state index < -0.39 is 53.5 Å². The third-order valence-corrected chi connectivity index (χ3v) is 10.5. The van der Waals surface area contributed by atoms with Crippen LogP contribution in [0.2, 0.25) is 0 Å². The van der Waals surface area contributed by atoms with Crippen molar-refractivity contribution in [2.45, 2.75) is 121 Å². The van der Waals surface area contributed by atoms with Crippen molar-refractivity contribution in [2.75, 3.05) is 24.2 Å². The fraction of sp³-hybridized carbons (Fsp3) is 0.611. The number of rotatable bonds is 9. The van der Waals surface area contributed by atoms with Crippen LogP contribution in [-0.2, 0) is 14.3 Å². The summed E-state index contributed by atoms with van der Waals surface area (Å²) in [4.78, 5) is 66.5. The highest BCUT2D eigenvalue weighted by Gasteiger charge is 2.46. The highest BCUT2D eigenvalue weighted by Crippen LogP contribution is 2.37. The average molecular weight is 712 g/mol. The zero-order chi connectivity index (χ0) is 36.6. The second-order valence-corrected chi connectivity index (χ2v) is 15.3. The molecule has 2 aliphatic carbocycles. The first kappa shape index (κ1) is 36.4. The van der Waals surface area contributed by atoms with Gasteiger partial charge < -0.3 is 15.0 Å². The Balaban J connectivity index is 0.983. The number of carbonyl (C=O) groups excluding carboxylic acids is 5. The molecular formula is C36H47F2N7O6. The molecule has 5 amide bonds. The largest absolute Gasteiger partial charge is 0.444 e. The summed E-state index contributed by atoms with van der Waals surface area (Å²) >= 11 is 0. The topological polar surface area (TPSA) is 155 Å². The number of imide groups is 2.